The minimum Gasteiger partial charge on any atom is -0.490 e. The Hall–Kier alpha value is -2.38. The van der Waals surface area contributed by atoms with Crippen molar-refractivity contribution in [3.8, 4) is 5.75 Å². The molecule has 0 fully saturated rings. The first-order chi connectivity index (χ1) is 12.6. The molecule has 0 aliphatic heterocycles. The van der Waals surface area contributed by atoms with Crippen molar-refractivity contribution in [3.63, 3.8) is 0 Å². The molecule has 146 valence electrons. The Labute approximate surface area is 160 Å². The lowest BCUT2D eigenvalue weighted by molar-refractivity contribution is 0.0449. The summed E-state index contributed by atoms with van der Waals surface area (Å²) in [6, 6.07) is 10.3. The molecule has 0 spiro atoms. The molecule has 2 aromatic rings. The summed E-state index contributed by atoms with van der Waals surface area (Å²) in [4.78, 5) is 12.4. The van der Waals surface area contributed by atoms with E-state index < -0.39 is 16.0 Å². The van der Waals surface area contributed by atoms with Crippen molar-refractivity contribution in [2.75, 3.05) is 27.3 Å². The Morgan fingerprint density at radius 1 is 0.963 bits per heavy atom. The first-order valence-electron chi connectivity index (χ1n) is 8.52. The van der Waals surface area contributed by atoms with Gasteiger partial charge in [-0.2, -0.15) is 0 Å². The van der Waals surface area contributed by atoms with E-state index in [-0.39, 0.29) is 23.7 Å². The molecule has 0 aromatic heterocycles. The fourth-order valence-electron chi connectivity index (χ4n) is 2.58. The van der Waals surface area contributed by atoms with Crippen LogP contribution in [0.3, 0.4) is 0 Å². The van der Waals surface area contributed by atoms with Gasteiger partial charge < -0.3 is 9.47 Å². The molecule has 0 N–H and O–H groups in total. The van der Waals surface area contributed by atoms with E-state index in [2.05, 4.69) is 0 Å². The third-order valence-corrected chi connectivity index (χ3v) is 5.80. The number of esters is 1. The standard InChI is InChI=1S/C20H25NO5S/c1-14-10-15(2)12-17(11-14)25-8-9-26-20(22)19-13-18(7-6-16(19)3)27(23,24)21(4)5/h6-7,10-13H,8-9H2,1-5H3. The minimum atomic E-state index is -3.62. The lowest BCUT2D eigenvalue weighted by Gasteiger charge is -2.14. The average Bonchev–Trinajstić information content (AvgIpc) is 2.57. The Morgan fingerprint density at radius 3 is 2.19 bits per heavy atom. The van der Waals surface area contributed by atoms with Gasteiger partial charge in [-0.25, -0.2) is 17.5 Å². The van der Waals surface area contributed by atoms with Crippen LogP contribution in [0, 0.1) is 20.8 Å². The highest BCUT2D eigenvalue weighted by Crippen LogP contribution is 2.19. The fourth-order valence-corrected chi connectivity index (χ4v) is 3.51. The number of carbonyl (C=O) groups is 1. The van der Waals surface area contributed by atoms with Crippen LogP contribution in [-0.2, 0) is 14.8 Å². The topological polar surface area (TPSA) is 72.9 Å². The monoisotopic (exact) mass is 391 g/mol. The van der Waals surface area contributed by atoms with Gasteiger partial charge in [-0.1, -0.05) is 12.1 Å². The lowest BCUT2D eigenvalue weighted by atomic mass is 10.1. The quantitative estimate of drug-likeness (QED) is 0.536. The Balaban J connectivity index is 2.01. The SMILES string of the molecule is Cc1cc(C)cc(OCCOC(=O)c2cc(S(=O)(=O)N(C)C)ccc2C)c1. The van der Waals surface area contributed by atoms with Gasteiger partial charge >= 0.3 is 5.97 Å². The number of carbonyl (C=O) groups excluding carboxylic acids is 1. The van der Waals surface area contributed by atoms with Gasteiger partial charge in [0.15, 0.2) is 0 Å². The van der Waals surface area contributed by atoms with E-state index in [9.17, 15) is 13.2 Å². The van der Waals surface area contributed by atoms with Gasteiger partial charge in [0.2, 0.25) is 10.0 Å². The van der Waals surface area contributed by atoms with Gasteiger partial charge in [0, 0.05) is 14.1 Å². The van der Waals surface area contributed by atoms with Crippen LogP contribution in [0.1, 0.15) is 27.0 Å². The van der Waals surface area contributed by atoms with Gasteiger partial charge in [-0.15, -0.1) is 0 Å². The largest absolute Gasteiger partial charge is 0.490 e. The van der Waals surface area contributed by atoms with Crippen LogP contribution >= 0.6 is 0 Å². The normalized spacial score (nSPS) is 11.5. The maximum absolute atomic E-state index is 12.3. The Kier molecular flexibility index (Phi) is 6.62. The minimum absolute atomic E-state index is 0.0523. The second kappa shape index (κ2) is 8.54. The van der Waals surface area contributed by atoms with Crippen molar-refractivity contribution >= 4 is 16.0 Å². The van der Waals surface area contributed by atoms with Crippen molar-refractivity contribution < 1.29 is 22.7 Å². The summed E-state index contributed by atoms with van der Waals surface area (Å²) < 4.78 is 36.5. The Morgan fingerprint density at radius 2 is 1.59 bits per heavy atom. The maximum atomic E-state index is 12.3. The molecule has 27 heavy (non-hydrogen) atoms. The van der Waals surface area contributed by atoms with Crippen LogP contribution < -0.4 is 4.74 Å². The Bertz CT molecular complexity index is 915. The van der Waals surface area contributed by atoms with E-state index in [1.807, 2.05) is 32.0 Å². The number of hydrogen-bond acceptors (Lipinski definition) is 5. The van der Waals surface area contributed by atoms with Crippen LogP contribution in [0.5, 0.6) is 5.75 Å². The van der Waals surface area contributed by atoms with E-state index in [0.29, 0.717) is 5.56 Å². The number of rotatable bonds is 7. The summed E-state index contributed by atoms with van der Waals surface area (Å²) in [7, 11) is -0.734. The van der Waals surface area contributed by atoms with E-state index in [0.717, 1.165) is 21.2 Å². The van der Waals surface area contributed by atoms with Crippen LogP contribution in [-0.4, -0.2) is 46.0 Å². The summed E-state index contributed by atoms with van der Waals surface area (Å²) >= 11 is 0. The van der Waals surface area contributed by atoms with Crippen molar-refractivity contribution in [3.05, 3.63) is 58.7 Å². The maximum Gasteiger partial charge on any atom is 0.338 e. The highest BCUT2D eigenvalue weighted by molar-refractivity contribution is 7.89. The van der Waals surface area contributed by atoms with Crippen LogP contribution in [0.2, 0.25) is 0 Å². The molecular formula is C20H25NO5S. The molecular weight excluding hydrogens is 366 g/mol. The summed E-state index contributed by atoms with van der Waals surface area (Å²) in [5.41, 5.74) is 3.06. The second-order valence-corrected chi connectivity index (χ2v) is 8.72. The van der Waals surface area contributed by atoms with Gasteiger partial charge in [-0.05, 0) is 61.7 Å². The van der Waals surface area contributed by atoms with Crippen molar-refractivity contribution in [2.24, 2.45) is 0 Å². The molecule has 7 heteroatoms. The first-order valence-corrected chi connectivity index (χ1v) is 9.96. The van der Waals surface area contributed by atoms with E-state index in [1.54, 1.807) is 13.0 Å². The van der Waals surface area contributed by atoms with E-state index in [4.69, 9.17) is 9.47 Å². The third kappa shape index (κ3) is 5.30. The van der Waals surface area contributed by atoms with E-state index >= 15 is 0 Å². The third-order valence-electron chi connectivity index (χ3n) is 3.99. The molecule has 0 amide bonds. The van der Waals surface area contributed by atoms with Gasteiger partial charge in [0.05, 0.1) is 10.5 Å². The summed E-state index contributed by atoms with van der Waals surface area (Å²) in [5.74, 6) is 0.145. The number of benzene rings is 2. The van der Waals surface area contributed by atoms with Gasteiger partial charge in [0.25, 0.3) is 0 Å². The summed E-state index contributed by atoms with van der Waals surface area (Å²) in [5, 5.41) is 0. The summed E-state index contributed by atoms with van der Waals surface area (Å²) in [6.07, 6.45) is 0. The highest BCUT2D eigenvalue weighted by atomic mass is 32.2. The number of aryl methyl sites for hydroxylation is 3. The van der Waals surface area contributed by atoms with Crippen molar-refractivity contribution in [1.29, 1.82) is 0 Å². The second-order valence-electron chi connectivity index (χ2n) is 6.57. The van der Waals surface area contributed by atoms with Crippen LogP contribution in [0.25, 0.3) is 0 Å². The predicted octanol–water partition coefficient (Wildman–Crippen LogP) is 3.10. The van der Waals surface area contributed by atoms with Gasteiger partial charge in [-0.3, -0.25) is 0 Å². The van der Waals surface area contributed by atoms with Gasteiger partial charge in [0.1, 0.15) is 19.0 Å². The smallest absolute Gasteiger partial charge is 0.338 e. The van der Waals surface area contributed by atoms with Crippen molar-refractivity contribution in [1.82, 2.24) is 4.31 Å². The zero-order valence-electron chi connectivity index (χ0n) is 16.3. The average molecular weight is 391 g/mol. The molecule has 0 heterocycles. The molecule has 0 aliphatic carbocycles. The zero-order valence-corrected chi connectivity index (χ0v) is 17.1. The highest BCUT2D eigenvalue weighted by Gasteiger charge is 2.20. The first kappa shape index (κ1) is 20.9. The molecule has 0 unspecified atom stereocenters. The molecule has 0 saturated heterocycles. The molecule has 0 saturated carbocycles. The van der Waals surface area contributed by atoms with Crippen LogP contribution in [0.15, 0.2) is 41.3 Å². The predicted molar refractivity (Wildman–Crippen MR) is 104 cm³/mol. The zero-order chi connectivity index (χ0) is 20.2. The molecule has 0 radical (unpaired) electrons. The molecule has 0 atom stereocenters. The molecule has 6 nitrogen and oxygen atoms in total. The molecule has 0 bridgehead atoms. The lowest BCUT2D eigenvalue weighted by Crippen LogP contribution is -2.23. The molecule has 2 aromatic carbocycles. The van der Waals surface area contributed by atoms with Crippen LogP contribution in [0.4, 0.5) is 0 Å². The summed E-state index contributed by atoms with van der Waals surface area (Å²) in [6.45, 7) is 5.98. The number of hydrogen-bond donors (Lipinski definition) is 0. The number of sulfonamides is 1. The molecule has 0 aliphatic rings. The van der Waals surface area contributed by atoms with E-state index in [1.165, 1.54) is 26.2 Å². The fraction of sp³-hybridized carbons (Fsp3) is 0.350. The van der Waals surface area contributed by atoms with Crippen molar-refractivity contribution in [2.45, 2.75) is 25.7 Å². The molecule has 2 rings (SSSR count). The number of nitrogens with zero attached hydrogens (tertiary/aromatic N) is 1. The number of ether oxygens (including phenoxy) is 2.